The van der Waals surface area contributed by atoms with E-state index in [1.54, 1.807) is 0 Å². The molecule has 112 valence electrons. The van der Waals surface area contributed by atoms with Crippen molar-refractivity contribution in [2.24, 2.45) is 0 Å². The van der Waals surface area contributed by atoms with Gasteiger partial charge in [-0.15, -0.1) is 0 Å². The molecule has 0 fully saturated rings. The second kappa shape index (κ2) is 6.27. The summed E-state index contributed by atoms with van der Waals surface area (Å²) in [5.41, 5.74) is 3.27. The van der Waals surface area contributed by atoms with Crippen LogP contribution in [0.25, 0.3) is 0 Å². The number of nitrogens with one attached hydrogen (secondary N) is 1. The van der Waals surface area contributed by atoms with Gasteiger partial charge in [0.1, 0.15) is 5.60 Å². The molecule has 0 spiro atoms. The molecular formula is C16H26N2O2. The number of carbonyl (C=O) groups is 1. The van der Waals surface area contributed by atoms with Gasteiger partial charge in [0.15, 0.2) is 0 Å². The summed E-state index contributed by atoms with van der Waals surface area (Å²) in [4.78, 5) is 11.9. The summed E-state index contributed by atoms with van der Waals surface area (Å²) in [6, 6.07) is 10.0. The van der Waals surface area contributed by atoms with Crippen molar-refractivity contribution in [1.29, 1.82) is 0 Å². The predicted octanol–water partition coefficient (Wildman–Crippen LogP) is 3.73. The van der Waals surface area contributed by atoms with Crippen LogP contribution in [0.1, 0.15) is 47.1 Å². The third-order valence-electron chi connectivity index (χ3n) is 2.62. The van der Waals surface area contributed by atoms with Gasteiger partial charge >= 0.3 is 6.09 Å². The Kier molecular flexibility index (Phi) is 5.17. The van der Waals surface area contributed by atoms with Crippen LogP contribution in [-0.4, -0.2) is 22.2 Å². The van der Waals surface area contributed by atoms with Crippen LogP contribution in [0.3, 0.4) is 0 Å². The summed E-state index contributed by atoms with van der Waals surface area (Å²) in [7, 11) is 0. The molecule has 0 radical (unpaired) electrons. The Balaban J connectivity index is 2.74. The van der Waals surface area contributed by atoms with E-state index in [0.29, 0.717) is 6.54 Å². The van der Waals surface area contributed by atoms with E-state index in [1.165, 1.54) is 0 Å². The number of nitrogens with zero attached hydrogens (tertiary/aromatic N) is 1. The number of benzene rings is 1. The Morgan fingerprint density at radius 2 is 1.65 bits per heavy atom. The highest BCUT2D eigenvalue weighted by Gasteiger charge is 2.25. The second-order valence-electron chi connectivity index (χ2n) is 6.86. The zero-order valence-corrected chi connectivity index (χ0v) is 13.4. The number of hydrogen-bond donors (Lipinski definition) is 1. The maximum Gasteiger partial charge on any atom is 0.422 e. The van der Waals surface area contributed by atoms with E-state index < -0.39 is 11.7 Å². The fourth-order valence-electron chi connectivity index (χ4n) is 1.62. The van der Waals surface area contributed by atoms with Gasteiger partial charge in [-0.25, -0.2) is 9.80 Å². The van der Waals surface area contributed by atoms with Crippen molar-refractivity contribution >= 4 is 6.09 Å². The minimum absolute atomic E-state index is 0.202. The Hall–Kier alpha value is -1.55. The van der Waals surface area contributed by atoms with Gasteiger partial charge in [-0.1, -0.05) is 30.3 Å². The average molecular weight is 278 g/mol. The summed E-state index contributed by atoms with van der Waals surface area (Å²) in [6.45, 7) is 12.3. The minimum Gasteiger partial charge on any atom is -0.443 e. The molecule has 1 N–H and O–H groups in total. The lowest BCUT2D eigenvalue weighted by molar-refractivity contribution is 0.00840. The fraction of sp³-hybridized carbons (Fsp3) is 0.562. The number of amides is 1. The Bertz CT molecular complexity index is 430. The largest absolute Gasteiger partial charge is 0.443 e. The lowest BCUT2D eigenvalue weighted by Crippen LogP contribution is -2.53. The molecule has 1 amide bonds. The molecule has 0 saturated heterocycles. The summed E-state index contributed by atoms with van der Waals surface area (Å²) >= 11 is 0. The van der Waals surface area contributed by atoms with Gasteiger partial charge in [0.25, 0.3) is 0 Å². The standard InChI is InChI=1S/C16H26N2O2/c1-15(2,3)18(12-13-10-8-7-9-11-13)17-14(19)20-16(4,5)6/h7-11H,12H2,1-6H3,(H,17,19). The third-order valence-corrected chi connectivity index (χ3v) is 2.62. The predicted molar refractivity (Wildman–Crippen MR) is 81.1 cm³/mol. The maximum absolute atomic E-state index is 11.9. The van der Waals surface area contributed by atoms with Gasteiger partial charge in [-0.05, 0) is 47.1 Å². The van der Waals surface area contributed by atoms with Gasteiger partial charge in [0.2, 0.25) is 0 Å². The lowest BCUT2D eigenvalue weighted by Gasteiger charge is -2.36. The van der Waals surface area contributed by atoms with Crippen molar-refractivity contribution in [3.05, 3.63) is 35.9 Å². The van der Waals surface area contributed by atoms with Crippen molar-refractivity contribution in [2.45, 2.75) is 59.2 Å². The monoisotopic (exact) mass is 278 g/mol. The first-order chi connectivity index (χ1) is 9.08. The third kappa shape index (κ3) is 6.06. The van der Waals surface area contributed by atoms with Crippen molar-refractivity contribution in [3.63, 3.8) is 0 Å². The fourth-order valence-corrected chi connectivity index (χ4v) is 1.62. The number of ether oxygens (including phenoxy) is 1. The number of carbonyl (C=O) groups excluding carboxylic acids is 1. The van der Waals surface area contributed by atoms with Crippen molar-refractivity contribution in [1.82, 2.24) is 10.4 Å². The molecule has 4 heteroatoms. The first-order valence-electron chi connectivity index (χ1n) is 6.89. The SMILES string of the molecule is CC(C)(C)OC(=O)NN(Cc1ccccc1)C(C)(C)C. The summed E-state index contributed by atoms with van der Waals surface area (Å²) in [6.07, 6.45) is -0.427. The molecule has 20 heavy (non-hydrogen) atoms. The quantitative estimate of drug-likeness (QED) is 0.857. The molecule has 0 atom stereocenters. The van der Waals surface area contributed by atoms with Gasteiger partial charge in [-0.3, -0.25) is 5.43 Å². The van der Waals surface area contributed by atoms with E-state index >= 15 is 0 Å². The lowest BCUT2D eigenvalue weighted by atomic mass is 10.1. The summed E-state index contributed by atoms with van der Waals surface area (Å²) < 4.78 is 5.31. The van der Waals surface area contributed by atoms with Crippen LogP contribution >= 0.6 is 0 Å². The molecule has 0 heterocycles. The Morgan fingerprint density at radius 1 is 1.10 bits per heavy atom. The average Bonchev–Trinajstić information content (AvgIpc) is 2.25. The van der Waals surface area contributed by atoms with Crippen LogP contribution in [0.4, 0.5) is 4.79 Å². The van der Waals surface area contributed by atoms with Crippen molar-refractivity contribution < 1.29 is 9.53 Å². The Labute approximate surface area is 122 Å². The van der Waals surface area contributed by atoms with Crippen LogP contribution in [0.2, 0.25) is 0 Å². The number of hydrazine groups is 1. The molecule has 0 aliphatic rings. The van der Waals surface area contributed by atoms with E-state index in [1.807, 2.05) is 76.9 Å². The summed E-state index contributed by atoms with van der Waals surface area (Å²) in [5, 5.41) is 1.89. The van der Waals surface area contributed by atoms with E-state index in [4.69, 9.17) is 4.74 Å². The molecule has 1 aromatic rings. The molecule has 1 rings (SSSR count). The first-order valence-corrected chi connectivity index (χ1v) is 6.89. The maximum atomic E-state index is 11.9. The molecule has 1 aromatic carbocycles. The van der Waals surface area contributed by atoms with E-state index in [2.05, 4.69) is 5.43 Å². The van der Waals surface area contributed by atoms with Crippen LogP contribution in [0.5, 0.6) is 0 Å². The van der Waals surface area contributed by atoms with Crippen LogP contribution in [-0.2, 0) is 11.3 Å². The smallest absolute Gasteiger partial charge is 0.422 e. The molecule has 0 aliphatic heterocycles. The highest BCUT2D eigenvalue weighted by Crippen LogP contribution is 2.16. The molecule has 0 aromatic heterocycles. The van der Waals surface area contributed by atoms with Gasteiger partial charge in [-0.2, -0.15) is 0 Å². The topological polar surface area (TPSA) is 41.6 Å². The van der Waals surface area contributed by atoms with E-state index in [-0.39, 0.29) is 5.54 Å². The van der Waals surface area contributed by atoms with Gasteiger partial charge < -0.3 is 4.74 Å². The highest BCUT2D eigenvalue weighted by atomic mass is 16.6. The Morgan fingerprint density at radius 3 is 2.10 bits per heavy atom. The summed E-state index contributed by atoms with van der Waals surface area (Å²) in [5.74, 6) is 0. The highest BCUT2D eigenvalue weighted by molar-refractivity contribution is 5.67. The molecule has 0 aliphatic carbocycles. The molecule has 0 saturated carbocycles. The van der Waals surface area contributed by atoms with Gasteiger partial charge in [0.05, 0.1) is 0 Å². The first kappa shape index (κ1) is 16.5. The van der Waals surface area contributed by atoms with Crippen molar-refractivity contribution in [3.8, 4) is 0 Å². The van der Waals surface area contributed by atoms with Gasteiger partial charge in [0, 0.05) is 12.1 Å². The normalized spacial score (nSPS) is 12.3. The zero-order chi connectivity index (χ0) is 15.4. The van der Waals surface area contributed by atoms with Crippen LogP contribution in [0.15, 0.2) is 30.3 Å². The number of rotatable bonds is 3. The molecular weight excluding hydrogens is 252 g/mol. The molecule has 0 bridgehead atoms. The van der Waals surface area contributed by atoms with Crippen LogP contribution in [0, 0.1) is 0 Å². The van der Waals surface area contributed by atoms with Crippen molar-refractivity contribution in [2.75, 3.05) is 0 Å². The zero-order valence-electron chi connectivity index (χ0n) is 13.4. The molecule has 0 unspecified atom stereocenters. The molecule has 4 nitrogen and oxygen atoms in total. The number of hydrogen-bond acceptors (Lipinski definition) is 3. The second-order valence-corrected chi connectivity index (χ2v) is 6.86. The van der Waals surface area contributed by atoms with E-state index in [0.717, 1.165) is 5.56 Å². The minimum atomic E-state index is -0.500. The van der Waals surface area contributed by atoms with E-state index in [9.17, 15) is 4.79 Å². The van der Waals surface area contributed by atoms with Crippen LogP contribution < -0.4 is 5.43 Å².